The summed E-state index contributed by atoms with van der Waals surface area (Å²) in [7, 11) is 1.60. The molecule has 29 heavy (non-hydrogen) atoms. The van der Waals surface area contributed by atoms with Gasteiger partial charge < -0.3 is 20.1 Å². The summed E-state index contributed by atoms with van der Waals surface area (Å²) < 4.78 is 12.7. The summed E-state index contributed by atoms with van der Waals surface area (Å²) in [6.45, 7) is 6.37. The summed E-state index contributed by atoms with van der Waals surface area (Å²) in [5, 5.41) is 10.1. The molecule has 1 aromatic heterocycles. The van der Waals surface area contributed by atoms with Gasteiger partial charge in [0.2, 0.25) is 0 Å². The quantitative estimate of drug-likeness (QED) is 0.620. The molecule has 0 radical (unpaired) electrons. The Labute approximate surface area is 170 Å². The zero-order valence-electron chi connectivity index (χ0n) is 17.1. The van der Waals surface area contributed by atoms with Crippen LogP contribution in [0.1, 0.15) is 31.1 Å². The maximum Gasteiger partial charge on any atom is 0.319 e. The van der Waals surface area contributed by atoms with Gasteiger partial charge in [-0.1, -0.05) is 12.1 Å². The van der Waals surface area contributed by atoms with Gasteiger partial charge in [-0.2, -0.15) is 5.10 Å². The summed E-state index contributed by atoms with van der Waals surface area (Å²) in [5.41, 5.74) is 3.51. The molecule has 0 aliphatic carbocycles. The van der Waals surface area contributed by atoms with Crippen LogP contribution in [0.15, 0.2) is 54.7 Å². The predicted octanol–water partition coefficient (Wildman–Crippen LogP) is 4.47. The van der Waals surface area contributed by atoms with Crippen molar-refractivity contribution in [2.24, 2.45) is 0 Å². The van der Waals surface area contributed by atoms with Gasteiger partial charge in [-0.05, 0) is 62.7 Å². The molecule has 0 fully saturated rings. The van der Waals surface area contributed by atoms with E-state index in [4.69, 9.17) is 9.47 Å². The molecule has 3 aromatic rings. The van der Waals surface area contributed by atoms with Crippen molar-refractivity contribution in [3.05, 3.63) is 66.0 Å². The fourth-order valence-corrected chi connectivity index (χ4v) is 3.03. The molecule has 0 spiro atoms. The summed E-state index contributed by atoms with van der Waals surface area (Å²) in [5.74, 6) is 1.32. The topological polar surface area (TPSA) is 77.4 Å². The molecule has 0 saturated heterocycles. The molecule has 7 nitrogen and oxygen atoms in total. The minimum Gasteiger partial charge on any atom is -0.493 e. The monoisotopic (exact) mass is 394 g/mol. The maximum atomic E-state index is 12.5. The van der Waals surface area contributed by atoms with Crippen molar-refractivity contribution >= 4 is 11.7 Å². The van der Waals surface area contributed by atoms with Gasteiger partial charge in [0.05, 0.1) is 25.4 Å². The number of aryl methyl sites for hydroxylation is 1. The summed E-state index contributed by atoms with van der Waals surface area (Å²) in [6.07, 6.45) is 1.74. The van der Waals surface area contributed by atoms with Crippen LogP contribution < -0.4 is 20.1 Å². The van der Waals surface area contributed by atoms with Crippen LogP contribution in [0, 0.1) is 6.92 Å². The first kappa shape index (κ1) is 20.3. The molecule has 0 aliphatic heterocycles. The van der Waals surface area contributed by atoms with Gasteiger partial charge >= 0.3 is 6.03 Å². The number of hydrogen-bond donors (Lipinski definition) is 2. The number of hydrogen-bond acceptors (Lipinski definition) is 4. The van der Waals surface area contributed by atoms with Crippen LogP contribution >= 0.6 is 0 Å². The number of ether oxygens (including phenoxy) is 2. The first-order valence-corrected chi connectivity index (χ1v) is 9.51. The van der Waals surface area contributed by atoms with E-state index in [1.807, 2.05) is 74.0 Å². The average Bonchev–Trinajstić information content (AvgIpc) is 3.14. The molecular formula is C22H26N4O3. The normalized spacial score (nSPS) is 11.6. The Balaban J connectivity index is 1.67. The average molecular weight is 394 g/mol. The smallest absolute Gasteiger partial charge is 0.319 e. The third-order valence-corrected chi connectivity index (χ3v) is 4.52. The van der Waals surface area contributed by atoms with E-state index in [9.17, 15) is 4.79 Å². The van der Waals surface area contributed by atoms with Crippen molar-refractivity contribution in [2.45, 2.75) is 26.8 Å². The first-order chi connectivity index (χ1) is 14.0. The van der Waals surface area contributed by atoms with Gasteiger partial charge in [0.25, 0.3) is 0 Å². The van der Waals surface area contributed by atoms with E-state index in [2.05, 4.69) is 15.7 Å². The van der Waals surface area contributed by atoms with Gasteiger partial charge in [0, 0.05) is 17.6 Å². The standard InChI is InChI=1S/C22H26N4O3/c1-5-29-20-10-9-17(13-21(20)28-4)16(3)24-22(27)25-18-7-6-8-19(14-18)26-15(2)11-12-23-26/h6-14,16H,5H2,1-4H3,(H2,24,25,27). The summed E-state index contributed by atoms with van der Waals surface area (Å²) >= 11 is 0. The highest BCUT2D eigenvalue weighted by molar-refractivity contribution is 5.89. The highest BCUT2D eigenvalue weighted by Crippen LogP contribution is 2.30. The highest BCUT2D eigenvalue weighted by atomic mass is 16.5. The fraction of sp³-hybridized carbons (Fsp3) is 0.273. The molecule has 1 atom stereocenters. The second kappa shape index (κ2) is 9.14. The van der Waals surface area contributed by atoms with Gasteiger partial charge in [-0.25, -0.2) is 9.48 Å². The lowest BCUT2D eigenvalue weighted by atomic mass is 10.1. The third kappa shape index (κ3) is 4.87. The first-order valence-electron chi connectivity index (χ1n) is 9.51. The molecule has 0 bridgehead atoms. The Morgan fingerprint density at radius 1 is 1.17 bits per heavy atom. The minimum absolute atomic E-state index is 0.212. The molecular weight excluding hydrogens is 368 g/mol. The van der Waals surface area contributed by atoms with Crippen LogP contribution in [-0.2, 0) is 0 Å². The number of methoxy groups -OCH3 is 1. The Kier molecular flexibility index (Phi) is 6.39. The van der Waals surface area contributed by atoms with E-state index in [1.165, 1.54) is 0 Å². The van der Waals surface area contributed by atoms with Crippen LogP contribution in [0.5, 0.6) is 11.5 Å². The number of aromatic nitrogens is 2. The third-order valence-electron chi connectivity index (χ3n) is 4.52. The molecule has 1 heterocycles. The number of carbonyl (C=O) groups excluding carboxylic acids is 1. The molecule has 0 saturated carbocycles. The SMILES string of the molecule is CCOc1ccc(C(C)NC(=O)Nc2cccc(-n3nccc3C)c2)cc1OC. The number of anilines is 1. The lowest BCUT2D eigenvalue weighted by molar-refractivity contribution is 0.249. The Morgan fingerprint density at radius 3 is 2.69 bits per heavy atom. The Bertz CT molecular complexity index is 984. The van der Waals surface area contributed by atoms with Crippen LogP contribution in [0.2, 0.25) is 0 Å². The van der Waals surface area contributed by atoms with E-state index < -0.39 is 0 Å². The Hall–Kier alpha value is -3.48. The zero-order valence-corrected chi connectivity index (χ0v) is 17.1. The molecule has 2 amide bonds. The van der Waals surface area contributed by atoms with Gasteiger partial charge in [-0.15, -0.1) is 0 Å². The number of urea groups is 1. The highest BCUT2D eigenvalue weighted by Gasteiger charge is 2.13. The van der Waals surface area contributed by atoms with Crippen LogP contribution in [0.3, 0.4) is 0 Å². The van der Waals surface area contributed by atoms with E-state index in [1.54, 1.807) is 13.3 Å². The van der Waals surface area contributed by atoms with Crippen molar-refractivity contribution in [3.63, 3.8) is 0 Å². The number of rotatable bonds is 7. The van der Waals surface area contributed by atoms with Crippen LogP contribution in [0.4, 0.5) is 10.5 Å². The van der Waals surface area contributed by atoms with Crippen molar-refractivity contribution in [2.75, 3.05) is 19.0 Å². The lowest BCUT2D eigenvalue weighted by Crippen LogP contribution is -2.31. The van der Waals surface area contributed by atoms with Crippen molar-refractivity contribution < 1.29 is 14.3 Å². The fourth-order valence-electron chi connectivity index (χ4n) is 3.03. The minimum atomic E-state index is -0.292. The van der Waals surface area contributed by atoms with Crippen molar-refractivity contribution in [1.82, 2.24) is 15.1 Å². The van der Waals surface area contributed by atoms with E-state index >= 15 is 0 Å². The number of amides is 2. The predicted molar refractivity (Wildman–Crippen MR) is 113 cm³/mol. The second-order valence-corrected chi connectivity index (χ2v) is 6.60. The molecule has 152 valence electrons. The van der Waals surface area contributed by atoms with Gasteiger partial charge in [0.15, 0.2) is 11.5 Å². The summed E-state index contributed by atoms with van der Waals surface area (Å²) in [4.78, 5) is 12.5. The maximum absolute atomic E-state index is 12.5. The van der Waals surface area contributed by atoms with Crippen molar-refractivity contribution in [1.29, 1.82) is 0 Å². The largest absolute Gasteiger partial charge is 0.493 e. The zero-order chi connectivity index (χ0) is 20.8. The van der Waals surface area contributed by atoms with Crippen LogP contribution in [-0.4, -0.2) is 29.5 Å². The molecule has 2 N–H and O–H groups in total. The van der Waals surface area contributed by atoms with Crippen LogP contribution in [0.25, 0.3) is 5.69 Å². The van der Waals surface area contributed by atoms with Gasteiger partial charge in [-0.3, -0.25) is 0 Å². The number of nitrogens with zero attached hydrogens (tertiary/aromatic N) is 2. The van der Waals surface area contributed by atoms with E-state index in [-0.39, 0.29) is 12.1 Å². The molecule has 7 heteroatoms. The van der Waals surface area contributed by atoms with Gasteiger partial charge in [0.1, 0.15) is 0 Å². The number of carbonyl (C=O) groups is 1. The lowest BCUT2D eigenvalue weighted by Gasteiger charge is -2.17. The van der Waals surface area contributed by atoms with E-state index in [0.29, 0.717) is 23.8 Å². The molecule has 0 aliphatic rings. The molecule has 1 unspecified atom stereocenters. The molecule has 2 aromatic carbocycles. The van der Waals surface area contributed by atoms with Crippen molar-refractivity contribution in [3.8, 4) is 17.2 Å². The van der Waals surface area contributed by atoms with E-state index in [0.717, 1.165) is 16.9 Å². The Morgan fingerprint density at radius 2 is 2.00 bits per heavy atom. The summed E-state index contributed by atoms with van der Waals surface area (Å²) in [6, 6.07) is 14.6. The second-order valence-electron chi connectivity index (χ2n) is 6.60. The number of nitrogens with one attached hydrogen (secondary N) is 2. The number of benzene rings is 2. The molecule has 3 rings (SSSR count).